The molecule has 0 aliphatic rings. The zero-order chi connectivity index (χ0) is 10.6. The number of pyridine rings is 1. The van der Waals surface area contributed by atoms with Crippen LogP contribution in [0.4, 0.5) is 11.5 Å². The monoisotopic (exact) mass is 259 g/mol. The zero-order valence-corrected chi connectivity index (χ0v) is 9.17. The van der Waals surface area contributed by atoms with Gasteiger partial charge in [-0.3, -0.25) is 4.79 Å². The molecule has 0 spiro atoms. The summed E-state index contributed by atoms with van der Waals surface area (Å²) in [5.74, 6) is 0.104. The van der Waals surface area contributed by atoms with E-state index in [1.54, 1.807) is 12.3 Å². The van der Waals surface area contributed by atoms with Gasteiger partial charge in [0.15, 0.2) is 0 Å². The maximum absolute atomic E-state index is 10.8. The van der Waals surface area contributed by atoms with Crippen LogP contribution in [0.2, 0.25) is 0 Å². The van der Waals surface area contributed by atoms with Crippen molar-refractivity contribution in [1.29, 1.82) is 0 Å². The number of halogens is 1. The van der Waals surface area contributed by atoms with Crippen LogP contribution in [0.1, 0.15) is 0 Å². The summed E-state index contributed by atoms with van der Waals surface area (Å²) in [7, 11) is 1.32. The Balaban J connectivity index is 2.63. The first kappa shape index (κ1) is 10.8. The smallest absolute Gasteiger partial charge is 0.325 e. The highest BCUT2D eigenvalue weighted by molar-refractivity contribution is 9.10. The van der Waals surface area contributed by atoms with Crippen LogP contribution in [0.5, 0.6) is 0 Å². The van der Waals surface area contributed by atoms with E-state index in [1.165, 1.54) is 7.11 Å². The van der Waals surface area contributed by atoms with Crippen molar-refractivity contribution >= 4 is 33.4 Å². The molecule has 6 heteroatoms. The quantitative estimate of drug-likeness (QED) is 0.793. The number of carbonyl (C=O) groups excluding carboxylic acids is 1. The van der Waals surface area contributed by atoms with Crippen molar-refractivity contribution in [3.8, 4) is 0 Å². The second-order valence-electron chi connectivity index (χ2n) is 2.52. The maximum Gasteiger partial charge on any atom is 0.325 e. The minimum atomic E-state index is -0.367. The molecule has 0 aliphatic carbocycles. The van der Waals surface area contributed by atoms with Gasteiger partial charge in [-0.25, -0.2) is 4.98 Å². The molecule has 0 amide bonds. The van der Waals surface area contributed by atoms with Gasteiger partial charge in [-0.05, 0) is 22.0 Å². The number of nitrogens with zero attached hydrogens (tertiary/aromatic N) is 1. The molecular weight excluding hydrogens is 250 g/mol. The topological polar surface area (TPSA) is 77.2 Å². The number of ether oxygens (including phenoxy) is 1. The van der Waals surface area contributed by atoms with Crippen LogP contribution in [-0.2, 0) is 9.53 Å². The Bertz CT molecular complexity index is 343. The molecule has 76 valence electrons. The molecule has 3 N–H and O–H groups in total. The lowest BCUT2D eigenvalue weighted by Gasteiger charge is -2.06. The molecule has 0 saturated heterocycles. The molecular formula is C8H10BrN3O2. The third kappa shape index (κ3) is 2.88. The molecule has 0 aromatic carbocycles. The van der Waals surface area contributed by atoms with E-state index in [9.17, 15) is 4.79 Å². The van der Waals surface area contributed by atoms with Gasteiger partial charge < -0.3 is 15.8 Å². The number of nitrogen functional groups attached to an aromatic ring is 1. The molecule has 0 unspecified atom stereocenters. The van der Waals surface area contributed by atoms with Crippen molar-refractivity contribution in [2.24, 2.45) is 0 Å². The van der Waals surface area contributed by atoms with Crippen LogP contribution in [0.15, 0.2) is 16.7 Å². The zero-order valence-electron chi connectivity index (χ0n) is 7.58. The number of methoxy groups -OCH3 is 1. The van der Waals surface area contributed by atoms with Crippen molar-refractivity contribution < 1.29 is 9.53 Å². The lowest BCUT2D eigenvalue weighted by Crippen LogP contribution is -2.16. The molecule has 1 aromatic rings. The van der Waals surface area contributed by atoms with Gasteiger partial charge in [0.05, 0.1) is 12.8 Å². The number of nitrogens with one attached hydrogen (secondary N) is 1. The second-order valence-corrected chi connectivity index (χ2v) is 3.44. The van der Waals surface area contributed by atoms with Crippen molar-refractivity contribution in [2.45, 2.75) is 0 Å². The largest absolute Gasteiger partial charge is 0.468 e. The third-order valence-corrected chi connectivity index (χ3v) is 1.95. The molecule has 0 saturated carbocycles. The van der Waals surface area contributed by atoms with Crippen LogP contribution in [-0.4, -0.2) is 24.6 Å². The first-order valence-corrected chi connectivity index (χ1v) is 4.64. The van der Waals surface area contributed by atoms with E-state index in [2.05, 4.69) is 31.0 Å². The maximum atomic E-state index is 10.8. The van der Waals surface area contributed by atoms with E-state index in [-0.39, 0.29) is 12.5 Å². The Morgan fingerprint density at radius 3 is 3.07 bits per heavy atom. The summed E-state index contributed by atoms with van der Waals surface area (Å²) >= 11 is 3.23. The van der Waals surface area contributed by atoms with Gasteiger partial charge in [0, 0.05) is 10.7 Å². The fourth-order valence-electron chi connectivity index (χ4n) is 0.831. The summed E-state index contributed by atoms with van der Waals surface area (Å²) in [6.07, 6.45) is 1.59. The lowest BCUT2D eigenvalue weighted by molar-refractivity contribution is -0.138. The summed E-state index contributed by atoms with van der Waals surface area (Å²) < 4.78 is 5.25. The van der Waals surface area contributed by atoms with Gasteiger partial charge in [-0.2, -0.15) is 0 Å². The van der Waals surface area contributed by atoms with E-state index in [4.69, 9.17) is 5.73 Å². The van der Waals surface area contributed by atoms with Crippen LogP contribution >= 0.6 is 15.9 Å². The summed E-state index contributed by atoms with van der Waals surface area (Å²) in [5, 5.41) is 2.76. The summed E-state index contributed by atoms with van der Waals surface area (Å²) in [4.78, 5) is 14.8. The summed E-state index contributed by atoms with van der Waals surface area (Å²) in [5.41, 5.74) is 6.12. The van der Waals surface area contributed by atoms with Crippen LogP contribution < -0.4 is 11.1 Å². The molecule has 1 rings (SSSR count). The van der Waals surface area contributed by atoms with Crippen LogP contribution in [0.25, 0.3) is 0 Å². The predicted octanol–water partition coefficient (Wildman–Crippen LogP) is 1.01. The van der Waals surface area contributed by atoms with Gasteiger partial charge in [0.25, 0.3) is 0 Å². The van der Waals surface area contributed by atoms with E-state index in [1.807, 2.05) is 0 Å². The number of anilines is 2. The normalized spacial score (nSPS) is 9.57. The fourth-order valence-corrected chi connectivity index (χ4v) is 1.18. The summed E-state index contributed by atoms with van der Waals surface area (Å²) in [6.45, 7) is 0.0509. The number of hydrogen-bond donors (Lipinski definition) is 2. The molecule has 5 nitrogen and oxygen atoms in total. The van der Waals surface area contributed by atoms with E-state index in [0.29, 0.717) is 11.5 Å². The van der Waals surface area contributed by atoms with Gasteiger partial charge >= 0.3 is 5.97 Å². The number of nitrogens with two attached hydrogens (primary N) is 1. The molecule has 0 aliphatic heterocycles. The first-order valence-electron chi connectivity index (χ1n) is 3.85. The molecule has 0 radical (unpaired) electrons. The van der Waals surface area contributed by atoms with Crippen molar-refractivity contribution in [3.63, 3.8) is 0 Å². The van der Waals surface area contributed by atoms with E-state index in [0.717, 1.165) is 4.47 Å². The third-order valence-electron chi connectivity index (χ3n) is 1.51. The highest BCUT2D eigenvalue weighted by Gasteiger charge is 2.04. The van der Waals surface area contributed by atoms with Gasteiger partial charge in [-0.1, -0.05) is 0 Å². The average Bonchev–Trinajstić information content (AvgIpc) is 2.16. The van der Waals surface area contributed by atoms with E-state index < -0.39 is 0 Å². The fraction of sp³-hybridized carbons (Fsp3) is 0.250. The van der Waals surface area contributed by atoms with Crippen molar-refractivity contribution in [1.82, 2.24) is 4.98 Å². The molecule has 0 bridgehead atoms. The van der Waals surface area contributed by atoms with Gasteiger partial charge in [0.2, 0.25) is 0 Å². The molecule has 1 aromatic heterocycles. The Kier molecular flexibility index (Phi) is 3.70. The minimum Gasteiger partial charge on any atom is -0.468 e. The molecule has 0 fully saturated rings. The minimum absolute atomic E-state index is 0.0509. The lowest BCUT2D eigenvalue weighted by atomic mass is 10.4. The number of esters is 1. The van der Waals surface area contributed by atoms with Gasteiger partial charge in [0.1, 0.15) is 12.4 Å². The highest BCUT2D eigenvalue weighted by atomic mass is 79.9. The number of aromatic nitrogens is 1. The Morgan fingerprint density at radius 2 is 2.50 bits per heavy atom. The standard InChI is InChI=1S/C8H10BrN3O2/c1-14-7(13)4-12-8-6(10)2-5(9)3-11-8/h2-3H,4,10H2,1H3,(H,11,12). The number of hydrogen-bond acceptors (Lipinski definition) is 5. The van der Waals surface area contributed by atoms with E-state index >= 15 is 0 Å². The highest BCUT2D eigenvalue weighted by Crippen LogP contribution is 2.19. The predicted molar refractivity (Wildman–Crippen MR) is 56.9 cm³/mol. The van der Waals surface area contributed by atoms with Crippen LogP contribution in [0, 0.1) is 0 Å². The Labute approximate surface area is 89.8 Å². The van der Waals surface area contributed by atoms with Crippen molar-refractivity contribution in [2.75, 3.05) is 24.7 Å². The number of carbonyl (C=O) groups is 1. The van der Waals surface area contributed by atoms with Gasteiger partial charge in [-0.15, -0.1) is 0 Å². The molecule has 1 heterocycles. The molecule has 14 heavy (non-hydrogen) atoms. The summed E-state index contributed by atoms with van der Waals surface area (Å²) in [6, 6.07) is 1.70. The number of rotatable bonds is 3. The Morgan fingerprint density at radius 1 is 1.79 bits per heavy atom. The second kappa shape index (κ2) is 4.80. The molecule has 0 atom stereocenters. The van der Waals surface area contributed by atoms with Crippen LogP contribution in [0.3, 0.4) is 0 Å². The SMILES string of the molecule is COC(=O)CNc1ncc(Br)cc1N. The Hall–Kier alpha value is -1.30. The first-order chi connectivity index (χ1) is 6.63. The van der Waals surface area contributed by atoms with Crippen molar-refractivity contribution in [3.05, 3.63) is 16.7 Å². The average molecular weight is 260 g/mol.